The van der Waals surface area contributed by atoms with E-state index in [1.807, 2.05) is 18.2 Å². The Balaban J connectivity index is 1.09. The molecule has 0 spiro atoms. The molecule has 3 aliphatic carbocycles. The molecule has 48 heavy (non-hydrogen) atoms. The van der Waals surface area contributed by atoms with E-state index < -0.39 is 0 Å². The lowest BCUT2D eigenvalue weighted by Crippen LogP contribution is -2.56. The summed E-state index contributed by atoms with van der Waals surface area (Å²) < 4.78 is 21.2. The number of hydrogen-bond acceptors (Lipinski definition) is 4. The van der Waals surface area contributed by atoms with Crippen LogP contribution in [0.4, 0.5) is 10.1 Å². The summed E-state index contributed by atoms with van der Waals surface area (Å²) in [4.78, 5) is 26.0. The van der Waals surface area contributed by atoms with Crippen molar-refractivity contribution in [2.75, 3.05) is 25.5 Å². The Labute approximate surface area is 283 Å². The van der Waals surface area contributed by atoms with Gasteiger partial charge in [-0.2, -0.15) is 0 Å². The number of hydrogen-bond donors (Lipinski definition) is 1. The summed E-state index contributed by atoms with van der Waals surface area (Å²) in [6, 6.07) is 21.7. The second kappa shape index (κ2) is 13.4. The first-order chi connectivity index (χ1) is 23.2. The fraction of sp³-hybridized carbons (Fsp3) is 0.475. The van der Waals surface area contributed by atoms with Crippen LogP contribution < -0.4 is 15.6 Å². The smallest absolute Gasteiger partial charge is 0.261 e. The molecule has 4 aromatic rings. The minimum Gasteiger partial charge on any atom is -0.497 e. The van der Waals surface area contributed by atoms with E-state index in [-0.39, 0.29) is 11.4 Å². The largest absolute Gasteiger partial charge is 0.497 e. The molecule has 1 aromatic heterocycles. The third kappa shape index (κ3) is 6.46. The normalized spacial score (nSPS) is 23.9. The number of anilines is 1. The number of ether oxygens (including phenoxy) is 1. The van der Waals surface area contributed by atoms with Crippen LogP contribution in [0.2, 0.25) is 0 Å². The van der Waals surface area contributed by atoms with E-state index in [1.54, 1.807) is 23.0 Å². The van der Waals surface area contributed by atoms with Gasteiger partial charge in [-0.05, 0) is 103 Å². The van der Waals surface area contributed by atoms with E-state index in [0.29, 0.717) is 58.5 Å². The summed E-state index contributed by atoms with van der Waals surface area (Å²) in [5.41, 5.74) is 3.74. The molecule has 3 saturated carbocycles. The summed E-state index contributed by atoms with van der Waals surface area (Å²) in [6.07, 6.45) is 7.80. The summed E-state index contributed by atoms with van der Waals surface area (Å²) in [7, 11) is 1.51. The minimum absolute atomic E-state index is 0.132. The predicted octanol–water partition coefficient (Wildman–Crippen LogP) is 7.58. The summed E-state index contributed by atoms with van der Waals surface area (Å²) >= 11 is 0. The summed E-state index contributed by atoms with van der Waals surface area (Å²) in [6.45, 7) is 9.54. The van der Waals surface area contributed by atoms with Gasteiger partial charge < -0.3 is 15.0 Å². The lowest BCUT2D eigenvalue weighted by molar-refractivity contribution is -0.108. The number of aryl methyl sites for hydroxylation is 2. The fourth-order valence-corrected chi connectivity index (χ4v) is 8.56. The molecule has 1 saturated heterocycles. The van der Waals surface area contributed by atoms with Gasteiger partial charge in [-0.3, -0.25) is 9.36 Å². The van der Waals surface area contributed by atoms with Crippen LogP contribution in [0.15, 0.2) is 82.8 Å². The van der Waals surface area contributed by atoms with Gasteiger partial charge in [0.2, 0.25) is 0 Å². The van der Waals surface area contributed by atoms with Crippen molar-refractivity contribution >= 4 is 22.5 Å². The molecule has 2 heterocycles. The molecule has 4 aliphatic rings. The number of rotatable bonds is 8. The Morgan fingerprint density at radius 3 is 2.56 bits per heavy atom. The van der Waals surface area contributed by atoms with Crippen molar-refractivity contribution in [2.24, 2.45) is 34.1 Å². The van der Waals surface area contributed by atoms with Gasteiger partial charge in [0, 0.05) is 31.4 Å². The molecule has 1 aliphatic heterocycles. The first-order valence-electron chi connectivity index (χ1n) is 17.6. The van der Waals surface area contributed by atoms with E-state index in [4.69, 9.17) is 9.73 Å². The van der Waals surface area contributed by atoms with Gasteiger partial charge in [-0.1, -0.05) is 57.2 Å². The maximum Gasteiger partial charge on any atom is 0.261 e. The highest BCUT2D eigenvalue weighted by molar-refractivity contribution is 5.96. The maximum absolute atomic E-state index is 14.5. The second-order valence-corrected chi connectivity index (χ2v) is 14.9. The van der Waals surface area contributed by atoms with Crippen LogP contribution in [0.3, 0.4) is 0 Å². The highest BCUT2D eigenvalue weighted by Crippen LogP contribution is 2.61. The number of aromatic nitrogens is 2. The zero-order valence-corrected chi connectivity index (χ0v) is 28.7. The number of nitrogens with one attached hydrogen (secondary N) is 1. The number of guanidine groups is 1. The molecule has 4 fully saturated rings. The van der Waals surface area contributed by atoms with Gasteiger partial charge in [0.05, 0.1) is 30.4 Å². The molecule has 0 amide bonds. The van der Waals surface area contributed by atoms with E-state index in [1.165, 1.54) is 25.2 Å². The van der Waals surface area contributed by atoms with Crippen LogP contribution in [-0.4, -0.2) is 46.7 Å². The number of benzene rings is 3. The van der Waals surface area contributed by atoms with E-state index in [0.717, 1.165) is 62.3 Å². The lowest BCUT2D eigenvalue weighted by atomic mass is 9.45. The van der Waals surface area contributed by atoms with Crippen LogP contribution >= 0.6 is 0 Å². The average Bonchev–Trinajstić information content (AvgIpc) is 3.09. The number of aliphatic imine (C=N–C) groups is 1. The minimum atomic E-state index is -0.340. The fourth-order valence-electron chi connectivity index (χ4n) is 8.56. The second-order valence-electron chi connectivity index (χ2n) is 14.9. The van der Waals surface area contributed by atoms with Crippen molar-refractivity contribution in [3.8, 4) is 5.75 Å². The third-order valence-corrected chi connectivity index (χ3v) is 11.8. The molecule has 1 unspecified atom stereocenters. The number of likely N-dealkylation sites (tertiary alicyclic amines) is 1. The number of halogens is 1. The molecule has 4 atom stereocenters. The maximum atomic E-state index is 14.5. The third-order valence-electron chi connectivity index (χ3n) is 11.8. The Kier molecular flexibility index (Phi) is 9.01. The van der Waals surface area contributed by atoms with Crippen molar-refractivity contribution in [3.05, 3.63) is 100 Å². The van der Waals surface area contributed by atoms with Gasteiger partial charge in [-0.25, -0.2) is 14.4 Å². The van der Waals surface area contributed by atoms with Crippen LogP contribution in [0.25, 0.3) is 10.9 Å². The van der Waals surface area contributed by atoms with Gasteiger partial charge in [0.1, 0.15) is 11.6 Å². The lowest BCUT2D eigenvalue weighted by Gasteiger charge is -2.61. The summed E-state index contributed by atoms with van der Waals surface area (Å²) in [5, 5.41) is 4.24. The Morgan fingerprint density at radius 2 is 1.85 bits per heavy atom. The van der Waals surface area contributed by atoms with E-state index in [9.17, 15) is 9.18 Å². The number of fused-ring (bicyclic) bond motifs is 3. The first kappa shape index (κ1) is 32.4. The first-order valence-corrected chi connectivity index (χ1v) is 17.6. The summed E-state index contributed by atoms with van der Waals surface area (Å²) in [5.74, 6) is 3.74. The van der Waals surface area contributed by atoms with Gasteiger partial charge in [0.25, 0.3) is 5.56 Å². The van der Waals surface area contributed by atoms with Gasteiger partial charge in [-0.15, -0.1) is 0 Å². The van der Waals surface area contributed by atoms with E-state index >= 15 is 0 Å². The van der Waals surface area contributed by atoms with Crippen molar-refractivity contribution in [3.63, 3.8) is 0 Å². The molecular formula is C40H48FN5O2. The van der Waals surface area contributed by atoms with Crippen molar-refractivity contribution in [2.45, 2.75) is 71.9 Å². The van der Waals surface area contributed by atoms with E-state index in [2.05, 4.69) is 66.3 Å². The Hall–Kier alpha value is -4.20. The van der Waals surface area contributed by atoms with Crippen molar-refractivity contribution in [1.82, 2.24) is 14.5 Å². The average molecular weight is 650 g/mol. The zero-order valence-electron chi connectivity index (χ0n) is 28.7. The standard InChI is InChI=1S/C40H48FN5O2/c1-26-34-21-30(40(34,2)3)22-36(26)44-39(45-17-14-28(15-18-45)20-27-8-6-5-7-9-27)43-31-11-13-33-37(23-31)42-25-46(38(33)47)19-16-29-10-12-32(48-4)24-35(29)41/h5-13,23-26,28,30,34,36H,14-22H2,1-4H3,(H,43,44)/t26-,30-,34+,36?/m0/s1. The van der Waals surface area contributed by atoms with Crippen LogP contribution in [0.1, 0.15) is 57.6 Å². The molecule has 252 valence electrons. The SMILES string of the molecule is COc1ccc(CCn2cnc3cc(NC(=NC4C[C@@H]5C[C@H]([C@@H]4C)C5(C)C)N4CCC(Cc5ccccc5)CC4)ccc3c2=O)c(F)c1. The molecular weight excluding hydrogens is 601 g/mol. The molecule has 3 aromatic carbocycles. The monoisotopic (exact) mass is 649 g/mol. The Bertz CT molecular complexity index is 1850. The van der Waals surface area contributed by atoms with Crippen LogP contribution in [0, 0.1) is 34.9 Å². The number of piperidine rings is 1. The Morgan fingerprint density at radius 1 is 1.06 bits per heavy atom. The molecule has 8 rings (SSSR count). The van der Waals surface area contributed by atoms with Crippen molar-refractivity contribution < 1.29 is 9.13 Å². The van der Waals surface area contributed by atoms with Gasteiger partial charge >= 0.3 is 0 Å². The topological polar surface area (TPSA) is 71.8 Å². The zero-order chi connectivity index (χ0) is 33.4. The molecule has 7 nitrogen and oxygen atoms in total. The molecule has 1 N–H and O–H groups in total. The van der Waals surface area contributed by atoms with Crippen molar-refractivity contribution in [1.29, 1.82) is 0 Å². The molecule has 8 heteroatoms. The molecule has 0 radical (unpaired) electrons. The highest BCUT2D eigenvalue weighted by atomic mass is 19.1. The van der Waals surface area contributed by atoms with Crippen LogP contribution in [-0.2, 0) is 19.4 Å². The molecule has 2 bridgehead atoms. The highest BCUT2D eigenvalue weighted by Gasteiger charge is 2.56. The predicted molar refractivity (Wildman–Crippen MR) is 191 cm³/mol. The quantitative estimate of drug-likeness (QED) is 0.157. The number of methoxy groups -OCH3 is 1. The number of nitrogens with zero attached hydrogens (tertiary/aromatic N) is 4. The van der Waals surface area contributed by atoms with Gasteiger partial charge in [0.15, 0.2) is 5.96 Å². The van der Waals surface area contributed by atoms with Crippen LogP contribution in [0.5, 0.6) is 5.75 Å².